The summed E-state index contributed by atoms with van der Waals surface area (Å²) in [5, 5.41) is 1.28. The number of hydrogen-bond donors (Lipinski definition) is 2. The van der Waals surface area contributed by atoms with Crippen LogP contribution in [0.2, 0.25) is 0 Å². The molecule has 0 fully saturated rings. The zero-order valence-corrected chi connectivity index (χ0v) is 8.85. The molecule has 0 saturated carbocycles. The van der Waals surface area contributed by atoms with Gasteiger partial charge < -0.3 is 10.4 Å². The van der Waals surface area contributed by atoms with Crippen molar-refractivity contribution in [3.8, 4) is 0 Å². The Hall–Kier alpha value is -2.16. The Balaban J connectivity index is 1.86. The Labute approximate surface area is 93.7 Å². The van der Waals surface area contributed by atoms with Gasteiger partial charge in [-0.15, -0.1) is 0 Å². The normalized spacial score (nSPS) is 10.8. The van der Waals surface area contributed by atoms with Crippen LogP contribution in [0.25, 0.3) is 10.9 Å². The predicted molar refractivity (Wildman–Crippen MR) is 65.8 cm³/mol. The highest BCUT2D eigenvalue weighted by molar-refractivity contribution is 5.82. The van der Waals surface area contributed by atoms with Crippen LogP contribution >= 0.6 is 0 Å². The van der Waals surface area contributed by atoms with Gasteiger partial charge in [-0.3, -0.25) is 4.68 Å². The number of hydrogen-bond acceptors (Lipinski definition) is 1. The number of benzene rings is 1. The fourth-order valence-corrected chi connectivity index (χ4v) is 1.92. The minimum absolute atomic E-state index is 0.823. The summed E-state index contributed by atoms with van der Waals surface area (Å²) in [6.07, 6.45) is 5.97. The first-order valence-corrected chi connectivity index (χ1v) is 5.35. The lowest BCUT2D eigenvalue weighted by molar-refractivity contribution is 0.851. The molecule has 1 aromatic carbocycles. The van der Waals surface area contributed by atoms with E-state index in [0.717, 1.165) is 6.54 Å². The molecule has 2 N–H and O–H groups in total. The summed E-state index contributed by atoms with van der Waals surface area (Å²) < 4.78 is 1.96. The second kappa shape index (κ2) is 3.77. The van der Waals surface area contributed by atoms with E-state index in [2.05, 4.69) is 34.7 Å². The van der Waals surface area contributed by atoms with Crippen molar-refractivity contribution in [3.63, 3.8) is 0 Å². The van der Waals surface area contributed by atoms with Crippen LogP contribution in [0.1, 0.15) is 5.56 Å². The minimum atomic E-state index is 0.823. The summed E-state index contributed by atoms with van der Waals surface area (Å²) in [7, 11) is 0. The van der Waals surface area contributed by atoms with Crippen molar-refractivity contribution in [2.45, 2.75) is 6.54 Å². The largest absolute Gasteiger partial charge is 0.361 e. The third-order valence-corrected chi connectivity index (χ3v) is 2.74. The van der Waals surface area contributed by atoms with E-state index in [1.807, 2.05) is 35.4 Å². The Morgan fingerprint density at radius 2 is 1.94 bits per heavy atom. The first kappa shape index (κ1) is 9.09. The summed E-state index contributed by atoms with van der Waals surface area (Å²) in [6, 6.07) is 12.4. The summed E-state index contributed by atoms with van der Waals surface area (Å²) in [6.45, 7) is 0.823. The molecule has 0 atom stereocenters. The first-order valence-electron chi connectivity index (χ1n) is 5.35. The zero-order chi connectivity index (χ0) is 10.8. The fourth-order valence-electron chi connectivity index (χ4n) is 1.92. The van der Waals surface area contributed by atoms with Crippen LogP contribution in [-0.2, 0) is 6.54 Å². The lowest BCUT2D eigenvalue weighted by atomic mass is 10.1. The quantitative estimate of drug-likeness (QED) is 0.686. The molecule has 0 unspecified atom stereocenters. The van der Waals surface area contributed by atoms with Crippen LogP contribution in [-0.4, -0.2) is 9.66 Å². The highest BCUT2D eigenvalue weighted by atomic mass is 15.4. The van der Waals surface area contributed by atoms with E-state index in [-0.39, 0.29) is 0 Å². The smallest absolute Gasteiger partial charge is 0.0570 e. The van der Waals surface area contributed by atoms with Crippen molar-refractivity contribution >= 4 is 10.9 Å². The van der Waals surface area contributed by atoms with Crippen molar-refractivity contribution in [3.05, 3.63) is 60.6 Å². The fraction of sp³-hybridized carbons (Fsp3) is 0.0769. The Morgan fingerprint density at radius 3 is 2.81 bits per heavy atom. The molecule has 0 bridgehead atoms. The SMILES string of the molecule is c1cc(CNn2cccc2)c2cc[nH]c2c1. The average Bonchev–Trinajstić information content (AvgIpc) is 2.97. The number of fused-ring (bicyclic) bond motifs is 1. The minimum Gasteiger partial charge on any atom is -0.361 e. The van der Waals surface area contributed by atoms with Crippen LogP contribution in [0.15, 0.2) is 55.0 Å². The van der Waals surface area contributed by atoms with Gasteiger partial charge in [-0.2, -0.15) is 0 Å². The van der Waals surface area contributed by atoms with Gasteiger partial charge in [-0.1, -0.05) is 12.1 Å². The highest BCUT2D eigenvalue weighted by Gasteiger charge is 2.00. The van der Waals surface area contributed by atoms with Crippen molar-refractivity contribution in [2.75, 3.05) is 5.43 Å². The van der Waals surface area contributed by atoms with Gasteiger partial charge in [-0.25, -0.2) is 0 Å². The number of aromatic nitrogens is 2. The molecule has 0 aliphatic carbocycles. The van der Waals surface area contributed by atoms with Gasteiger partial charge in [0, 0.05) is 29.5 Å². The number of rotatable bonds is 3. The predicted octanol–water partition coefficient (Wildman–Crippen LogP) is 2.71. The lowest BCUT2D eigenvalue weighted by Crippen LogP contribution is -2.11. The standard InChI is InChI=1S/C13H13N3/c1-2-9-16(8-1)15-10-11-4-3-5-13-12(11)6-7-14-13/h1-9,14-15H,10H2. The maximum atomic E-state index is 3.33. The van der Waals surface area contributed by atoms with Crippen molar-refractivity contribution in [2.24, 2.45) is 0 Å². The molecule has 3 heteroatoms. The average molecular weight is 211 g/mol. The molecule has 0 saturated heterocycles. The maximum absolute atomic E-state index is 3.33. The molecule has 0 amide bonds. The van der Waals surface area contributed by atoms with Crippen molar-refractivity contribution < 1.29 is 0 Å². The topological polar surface area (TPSA) is 32.8 Å². The van der Waals surface area contributed by atoms with Crippen molar-refractivity contribution in [1.82, 2.24) is 9.66 Å². The summed E-state index contributed by atoms with van der Waals surface area (Å²) in [5.74, 6) is 0. The van der Waals surface area contributed by atoms with Gasteiger partial charge in [0.1, 0.15) is 0 Å². The van der Waals surface area contributed by atoms with E-state index in [1.165, 1.54) is 16.5 Å². The Bertz CT molecular complexity index is 578. The van der Waals surface area contributed by atoms with Crippen LogP contribution in [0.4, 0.5) is 0 Å². The molecule has 3 aromatic rings. The molecule has 3 nitrogen and oxygen atoms in total. The van der Waals surface area contributed by atoms with Gasteiger partial charge in [0.2, 0.25) is 0 Å². The molecule has 2 aromatic heterocycles. The molecule has 3 rings (SSSR count). The van der Waals surface area contributed by atoms with E-state index in [0.29, 0.717) is 0 Å². The third-order valence-electron chi connectivity index (χ3n) is 2.74. The third kappa shape index (κ3) is 1.56. The van der Waals surface area contributed by atoms with Gasteiger partial charge in [0.05, 0.1) is 6.54 Å². The summed E-state index contributed by atoms with van der Waals surface area (Å²) in [5.41, 5.74) is 5.81. The Morgan fingerprint density at radius 1 is 1.06 bits per heavy atom. The molecule has 80 valence electrons. The van der Waals surface area contributed by atoms with Gasteiger partial charge in [0.15, 0.2) is 0 Å². The highest BCUT2D eigenvalue weighted by Crippen LogP contribution is 2.17. The van der Waals surface area contributed by atoms with Gasteiger partial charge in [0.25, 0.3) is 0 Å². The number of H-pyrrole nitrogens is 1. The molecule has 0 aliphatic rings. The maximum Gasteiger partial charge on any atom is 0.0570 e. The molecule has 16 heavy (non-hydrogen) atoms. The van der Waals surface area contributed by atoms with Crippen LogP contribution in [0.3, 0.4) is 0 Å². The molecule has 2 heterocycles. The van der Waals surface area contributed by atoms with Gasteiger partial charge >= 0.3 is 0 Å². The zero-order valence-electron chi connectivity index (χ0n) is 8.85. The van der Waals surface area contributed by atoms with Crippen LogP contribution in [0, 0.1) is 0 Å². The van der Waals surface area contributed by atoms with E-state index >= 15 is 0 Å². The molecular formula is C13H13N3. The second-order valence-electron chi connectivity index (χ2n) is 3.78. The molecular weight excluding hydrogens is 198 g/mol. The van der Waals surface area contributed by atoms with E-state index < -0.39 is 0 Å². The van der Waals surface area contributed by atoms with Crippen LogP contribution in [0.5, 0.6) is 0 Å². The van der Waals surface area contributed by atoms with Gasteiger partial charge in [-0.05, 0) is 29.8 Å². The first-order chi connectivity index (χ1) is 7.93. The summed E-state index contributed by atoms with van der Waals surface area (Å²) >= 11 is 0. The second-order valence-corrected chi connectivity index (χ2v) is 3.78. The molecule has 0 aliphatic heterocycles. The van der Waals surface area contributed by atoms with E-state index in [9.17, 15) is 0 Å². The number of nitrogens with zero attached hydrogens (tertiary/aromatic N) is 1. The molecule has 0 spiro atoms. The van der Waals surface area contributed by atoms with Crippen molar-refractivity contribution in [1.29, 1.82) is 0 Å². The van der Waals surface area contributed by atoms with E-state index in [4.69, 9.17) is 0 Å². The number of nitrogens with one attached hydrogen (secondary N) is 2. The Kier molecular flexibility index (Phi) is 2.14. The number of aromatic amines is 1. The lowest BCUT2D eigenvalue weighted by Gasteiger charge is -2.08. The summed E-state index contributed by atoms with van der Waals surface area (Å²) in [4.78, 5) is 3.22. The molecule has 0 radical (unpaired) electrons. The monoisotopic (exact) mass is 211 g/mol. The van der Waals surface area contributed by atoms with Crippen LogP contribution < -0.4 is 5.43 Å². The van der Waals surface area contributed by atoms with E-state index in [1.54, 1.807) is 0 Å².